The van der Waals surface area contributed by atoms with Crippen LogP contribution in [0.3, 0.4) is 0 Å². The van der Waals surface area contributed by atoms with Crippen LogP contribution in [0.5, 0.6) is 0 Å². The lowest BCUT2D eigenvalue weighted by atomic mass is 9.82. The number of imidazole rings is 1. The van der Waals surface area contributed by atoms with Crippen molar-refractivity contribution in [2.75, 3.05) is 13.7 Å². The van der Waals surface area contributed by atoms with Crippen molar-refractivity contribution in [2.24, 2.45) is 5.92 Å². The summed E-state index contributed by atoms with van der Waals surface area (Å²) in [4.78, 5) is 19.1. The molecule has 0 spiro atoms. The second kappa shape index (κ2) is 8.53. The van der Waals surface area contributed by atoms with E-state index in [0.29, 0.717) is 13.2 Å². The molecule has 0 aliphatic carbocycles. The van der Waals surface area contributed by atoms with Crippen LogP contribution in [-0.2, 0) is 20.5 Å². The average Bonchev–Trinajstić information content (AvgIpc) is 3.03. The van der Waals surface area contributed by atoms with Gasteiger partial charge in [0.05, 0.1) is 24.0 Å². The fourth-order valence-corrected chi connectivity index (χ4v) is 5.81. The van der Waals surface area contributed by atoms with E-state index in [1.165, 1.54) is 0 Å². The molecule has 2 aromatic rings. The quantitative estimate of drug-likeness (QED) is 0.641. The fraction of sp³-hybridized carbons (Fsp3) is 0.538. The monoisotopic (exact) mass is 467 g/mol. The molecule has 1 N–H and O–H groups in total. The predicted molar refractivity (Wildman–Crippen MR) is 133 cm³/mol. The minimum absolute atomic E-state index is 0.00779. The lowest BCUT2D eigenvalue weighted by Gasteiger charge is -2.45. The molecule has 3 atom stereocenters. The lowest BCUT2D eigenvalue weighted by molar-refractivity contribution is -0.125. The third-order valence-electron chi connectivity index (χ3n) is 7.64. The van der Waals surface area contributed by atoms with Crippen molar-refractivity contribution in [2.45, 2.75) is 71.4 Å². The van der Waals surface area contributed by atoms with Crippen molar-refractivity contribution < 1.29 is 14.0 Å². The van der Waals surface area contributed by atoms with Crippen LogP contribution >= 0.6 is 0 Å². The molecule has 0 fully saturated rings. The Morgan fingerprint density at radius 2 is 1.85 bits per heavy atom. The highest BCUT2D eigenvalue weighted by Gasteiger charge is 2.49. The molecule has 2 aliphatic heterocycles. The normalized spacial score (nSPS) is 23.3. The fourth-order valence-electron chi connectivity index (χ4n) is 4.58. The number of nitrogens with zero attached hydrogens (tertiary/aromatic N) is 2. The number of benzene rings is 1. The number of fused-ring (bicyclic) bond motifs is 2. The first-order valence-corrected chi connectivity index (χ1v) is 14.7. The van der Waals surface area contributed by atoms with Gasteiger partial charge in [-0.3, -0.25) is 4.79 Å². The highest BCUT2D eigenvalue weighted by molar-refractivity contribution is 6.74. The minimum Gasteiger partial charge on any atom is -0.404 e. The van der Waals surface area contributed by atoms with Gasteiger partial charge in [-0.1, -0.05) is 51.1 Å². The van der Waals surface area contributed by atoms with Gasteiger partial charge >= 0.3 is 0 Å². The number of methoxy groups -OCH3 is 1. The van der Waals surface area contributed by atoms with Gasteiger partial charge in [-0.15, -0.1) is 0 Å². The molecule has 178 valence electrons. The van der Waals surface area contributed by atoms with Crippen molar-refractivity contribution >= 4 is 19.8 Å². The highest BCUT2D eigenvalue weighted by atomic mass is 28.4. The van der Waals surface area contributed by atoms with Gasteiger partial charge in [-0.25, -0.2) is 4.98 Å². The van der Waals surface area contributed by atoms with Gasteiger partial charge in [0.1, 0.15) is 6.10 Å². The number of carbonyl (C=O) groups is 1. The van der Waals surface area contributed by atoms with E-state index in [9.17, 15) is 4.79 Å². The summed E-state index contributed by atoms with van der Waals surface area (Å²) in [5.41, 5.74) is 4.75. The SMILES string of the molecule is COCC1Cn2c(nc(C)c2C)C2=C1C(=O)[C@H](O[Si](C)(C)C(C)(C)C)[C@@H](c1ccccc1)N2. The van der Waals surface area contributed by atoms with Crippen LogP contribution < -0.4 is 5.32 Å². The average molecular weight is 468 g/mol. The van der Waals surface area contributed by atoms with Gasteiger partial charge in [0.15, 0.2) is 19.9 Å². The Kier molecular flexibility index (Phi) is 6.18. The number of carbonyl (C=O) groups excluding carboxylic acids is 1. The van der Waals surface area contributed by atoms with E-state index >= 15 is 0 Å². The van der Waals surface area contributed by atoms with Crippen molar-refractivity contribution in [1.82, 2.24) is 14.9 Å². The molecule has 7 heteroatoms. The van der Waals surface area contributed by atoms with Gasteiger partial charge in [-0.2, -0.15) is 0 Å². The summed E-state index contributed by atoms with van der Waals surface area (Å²) in [6, 6.07) is 9.88. The summed E-state index contributed by atoms with van der Waals surface area (Å²) < 4.78 is 14.6. The highest BCUT2D eigenvalue weighted by Crippen LogP contribution is 2.44. The summed E-state index contributed by atoms with van der Waals surface area (Å²) in [6.07, 6.45) is -0.588. The van der Waals surface area contributed by atoms with Gasteiger partial charge in [0, 0.05) is 30.8 Å². The number of hydrogen-bond donors (Lipinski definition) is 1. The molecule has 33 heavy (non-hydrogen) atoms. The maximum absolute atomic E-state index is 14.2. The Hall–Kier alpha value is -2.22. The lowest BCUT2D eigenvalue weighted by Crippen LogP contribution is -2.54. The van der Waals surface area contributed by atoms with Crippen molar-refractivity contribution in [3.8, 4) is 0 Å². The van der Waals surface area contributed by atoms with Crippen LogP contribution in [0.2, 0.25) is 18.1 Å². The van der Waals surface area contributed by atoms with E-state index in [4.69, 9.17) is 14.1 Å². The van der Waals surface area contributed by atoms with E-state index in [2.05, 4.69) is 62.8 Å². The second-order valence-corrected chi connectivity index (χ2v) is 15.6. The Morgan fingerprint density at radius 3 is 2.45 bits per heavy atom. The Balaban J connectivity index is 1.87. The first-order valence-electron chi connectivity index (χ1n) is 11.8. The summed E-state index contributed by atoms with van der Waals surface area (Å²) in [7, 11) is -0.525. The molecule has 0 amide bonds. The van der Waals surface area contributed by atoms with Crippen molar-refractivity contribution in [3.63, 3.8) is 0 Å². The molecule has 6 nitrogen and oxygen atoms in total. The molecule has 0 radical (unpaired) electrons. The van der Waals surface area contributed by atoms with Crippen molar-refractivity contribution in [3.05, 3.63) is 58.7 Å². The molecule has 0 saturated carbocycles. The third-order valence-corrected chi connectivity index (χ3v) is 12.1. The van der Waals surface area contributed by atoms with Crippen LogP contribution in [0.4, 0.5) is 0 Å². The van der Waals surface area contributed by atoms with Crippen LogP contribution in [0, 0.1) is 19.8 Å². The molecular weight excluding hydrogens is 430 g/mol. The topological polar surface area (TPSA) is 65.4 Å². The number of ketones is 1. The summed E-state index contributed by atoms with van der Waals surface area (Å²) in [6.45, 7) is 16.3. The van der Waals surface area contributed by atoms with E-state index < -0.39 is 14.4 Å². The molecule has 1 aromatic heterocycles. The zero-order chi connectivity index (χ0) is 24.1. The number of nitrogens with one attached hydrogen (secondary N) is 1. The number of rotatable bonds is 5. The first-order chi connectivity index (χ1) is 15.5. The number of ether oxygens (including phenoxy) is 1. The van der Waals surface area contributed by atoms with Crippen LogP contribution in [0.1, 0.15) is 49.6 Å². The zero-order valence-corrected chi connectivity index (χ0v) is 22.2. The summed E-state index contributed by atoms with van der Waals surface area (Å²) in [5, 5.41) is 3.72. The molecule has 3 heterocycles. The number of hydrogen-bond acceptors (Lipinski definition) is 5. The maximum atomic E-state index is 14.2. The Morgan fingerprint density at radius 1 is 1.18 bits per heavy atom. The van der Waals surface area contributed by atoms with Crippen LogP contribution in [0.25, 0.3) is 5.70 Å². The molecule has 1 unspecified atom stereocenters. The number of Topliss-reactive ketones (excluding diaryl/α,β-unsaturated/α-hetero) is 1. The molecule has 2 aliphatic rings. The van der Waals surface area contributed by atoms with E-state index in [-0.39, 0.29) is 22.8 Å². The van der Waals surface area contributed by atoms with E-state index in [1.807, 2.05) is 25.1 Å². The minimum atomic E-state index is -2.22. The first kappa shape index (κ1) is 23.9. The Bertz CT molecular complexity index is 1080. The Labute approximate surface area is 198 Å². The second-order valence-electron chi connectivity index (χ2n) is 10.9. The zero-order valence-electron chi connectivity index (χ0n) is 21.2. The van der Waals surface area contributed by atoms with Crippen LogP contribution in [-0.4, -0.2) is 43.5 Å². The van der Waals surface area contributed by atoms with Crippen molar-refractivity contribution in [1.29, 1.82) is 0 Å². The largest absolute Gasteiger partial charge is 0.404 e. The third kappa shape index (κ3) is 4.11. The smallest absolute Gasteiger partial charge is 0.193 e. The molecule has 1 aromatic carbocycles. The maximum Gasteiger partial charge on any atom is 0.193 e. The summed E-state index contributed by atoms with van der Waals surface area (Å²) >= 11 is 0. The van der Waals surface area contributed by atoms with Gasteiger partial charge < -0.3 is 19.0 Å². The van der Waals surface area contributed by atoms with Gasteiger partial charge in [0.2, 0.25) is 0 Å². The van der Waals surface area contributed by atoms with E-state index in [1.54, 1.807) is 7.11 Å². The molecule has 0 bridgehead atoms. The molecular formula is C26H37N3O3Si. The standard InChI is InChI=1S/C26H37N3O3Si/c1-16-17(2)29-14-19(15-31-6)20-22(25(29)27-16)28-21(18-12-10-9-11-13-18)24(23(20)30)32-33(7,8)26(3,4)5/h9-13,19,21,24,28H,14-15H2,1-8H3/t19?,21-,24-/m1/s1. The van der Waals surface area contributed by atoms with Gasteiger partial charge in [-0.05, 0) is 37.5 Å². The van der Waals surface area contributed by atoms with Crippen LogP contribution in [0.15, 0.2) is 35.9 Å². The number of aromatic nitrogens is 2. The van der Waals surface area contributed by atoms with Gasteiger partial charge in [0.25, 0.3) is 0 Å². The molecule has 0 saturated heterocycles. The number of aryl methyl sites for hydroxylation is 1. The van der Waals surface area contributed by atoms with E-state index in [0.717, 1.165) is 34.0 Å². The predicted octanol–water partition coefficient (Wildman–Crippen LogP) is 4.79. The molecule has 4 rings (SSSR count). The summed E-state index contributed by atoms with van der Waals surface area (Å²) in [5.74, 6) is 0.855.